The Morgan fingerprint density at radius 2 is 2.11 bits per heavy atom. The van der Waals surface area contributed by atoms with E-state index in [0.29, 0.717) is 5.92 Å². The molecule has 0 amide bonds. The van der Waals surface area contributed by atoms with Crippen molar-refractivity contribution in [1.82, 2.24) is 19.7 Å². The number of aromatic nitrogens is 3. The van der Waals surface area contributed by atoms with Crippen LogP contribution in [0.4, 0.5) is 0 Å². The second-order valence-corrected chi connectivity index (χ2v) is 8.11. The normalized spacial score (nSPS) is 21.9. The summed E-state index contributed by atoms with van der Waals surface area (Å²) in [7, 11) is 0. The molecule has 5 nitrogen and oxygen atoms in total. The number of imidazole rings is 1. The lowest BCUT2D eigenvalue weighted by molar-refractivity contribution is -0.0196. The monoisotopic (exact) mass is 362 g/mol. The van der Waals surface area contributed by atoms with E-state index in [4.69, 9.17) is 9.72 Å². The number of pyridine rings is 2. The molecule has 5 heterocycles. The zero-order chi connectivity index (χ0) is 18.3. The highest BCUT2D eigenvalue weighted by atomic mass is 16.5. The molecule has 5 heteroatoms. The van der Waals surface area contributed by atoms with Gasteiger partial charge in [-0.15, -0.1) is 0 Å². The van der Waals surface area contributed by atoms with Crippen LogP contribution in [-0.2, 0) is 11.2 Å². The number of fused-ring (bicyclic) bond motifs is 1. The largest absolute Gasteiger partial charge is 0.375 e. The zero-order valence-corrected chi connectivity index (χ0v) is 15.8. The van der Waals surface area contributed by atoms with Crippen LogP contribution in [0.1, 0.15) is 30.5 Å². The predicted octanol–water partition coefficient (Wildman–Crippen LogP) is 3.41. The lowest BCUT2D eigenvalue weighted by atomic mass is 9.85. The standard InChI is InChI=1S/C22H26N4O/c1-16-5-6-21-24-13-20(26(21)14-16)19-4-2-3-18(25-19)11-17-12-22(27-15-17)7-9-23-10-8-22/h2-6,13-14,17,23H,7-12,15H2,1H3. The maximum atomic E-state index is 6.26. The second kappa shape index (κ2) is 6.73. The van der Waals surface area contributed by atoms with Crippen LogP contribution in [-0.4, -0.2) is 39.7 Å². The number of hydrogen-bond donors (Lipinski definition) is 1. The van der Waals surface area contributed by atoms with Gasteiger partial charge in [0.15, 0.2) is 0 Å². The molecule has 0 bridgehead atoms. The lowest BCUT2D eigenvalue weighted by Crippen LogP contribution is -2.41. The Morgan fingerprint density at radius 3 is 3.00 bits per heavy atom. The van der Waals surface area contributed by atoms with Gasteiger partial charge in [-0.2, -0.15) is 0 Å². The SMILES string of the molecule is Cc1ccc2ncc(-c3cccc(CC4COC5(CCNCC5)C4)n3)n2c1. The number of nitrogens with zero attached hydrogens (tertiary/aromatic N) is 3. The van der Waals surface area contributed by atoms with Crippen molar-refractivity contribution in [1.29, 1.82) is 0 Å². The fraction of sp³-hybridized carbons (Fsp3) is 0.455. The summed E-state index contributed by atoms with van der Waals surface area (Å²) in [6.07, 6.45) is 8.46. The molecular formula is C22H26N4O. The predicted molar refractivity (Wildman–Crippen MR) is 106 cm³/mol. The zero-order valence-electron chi connectivity index (χ0n) is 15.8. The Labute approximate surface area is 159 Å². The van der Waals surface area contributed by atoms with Crippen LogP contribution in [0.3, 0.4) is 0 Å². The molecule has 0 aromatic carbocycles. The van der Waals surface area contributed by atoms with E-state index in [1.165, 1.54) is 5.56 Å². The Balaban J connectivity index is 1.37. The highest BCUT2D eigenvalue weighted by molar-refractivity contribution is 5.60. The van der Waals surface area contributed by atoms with Crippen molar-refractivity contribution >= 4 is 5.65 Å². The molecule has 0 saturated carbocycles. The quantitative estimate of drug-likeness (QED) is 0.776. The van der Waals surface area contributed by atoms with Gasteiger partial charge in [0.2, 0.25) is 0 Å². The Hall–Kier alpha value is -2.24. The summed E-state index contributed by atoms with van der Waals surface area (Å²) in [5.41, 5.74) is 5.48. The number of piperidine rings is 1. The molecule has 27 heavy (non-hydrogen) atoms. The van der Waals surface area contributed by atoms with E-state index < -0.39 is 0 Å². The molecule has 3 aromatic heterocycles. The van der Waals surface area contributed by atoms with Gasteiger partial charge in [0.25, 0.3) is 0 Å². The first-order valence-corrected chi connectivity index (χ1v) is 9.96. The maximum absolute atomic E-state index is 6.26. The highest BCUT2D eigenvalue weighted by Gasteiger charge is 2.41. The fourth-order valence-electron chi connectivity index (χ4n) is 4.61. The molecule has 2 saturated heterocycles. The van der Waals surface area contributed by atoms with Gasteiger partial charge in [-0.3, -0.25) is 9.38 Å². The van der Waals surface area contributed by atoms with E-state index in [1.807, 2.05) is 6.20 Å². The van der Waals surface area contributed by atoms with Crippen LogP contribution >= 0.6 is 0 Å². The maximum Gasteiger partial charge on any atom is 0.137 e. The number of rotatable bonds is 3. The van der Waals surface area contributed by atoms with Gasteiger partial charge in [0, 0.05) is 11.9 Å². The minimum absolute atomic E-state index is 0.118. The number of aryl methyl sites for hydroxylation is 1. The van der Waals surface area contributed by atoms with Crippen LogP contribution in [0.5, 0.6) is 0 Å². The second-order valence-electron chi connectivity index (χ2n) is 8.11. The van der Waals surface area contributed by atoms with Gasteiger partial charge in [-0.05, 0) is 75.4 Å². The van der Waals surface area contributed by atoms with Crippen molar-refractivity contribution in [3.63, 3.8) is 0 Å². The van der Waals surface area contributed by atoms with Gasteiger partial charge >= 0.3 is 0 Å². The summed E-state index contributed by atoms with van der Waals surface area (Å²) in [4.78, 5) is 9.49. The minimum atomic E-state index is 0.118. The third-order valence-electron chi connectivity index (χ3n) is 6.02. The molecule has 5 rings (SSSR count). The summed E-state index contributed by atoms with van der Waals surface area (Å²) in [5.74, 6) is 0.565. The summed E-state index contributed by atoms with van der Waals surface area (Å²) < 4.78 is 8.39. The summed E-state index contributed by atoms with van der Waals surface area (Å²) in [6.45, 7) is 5.12. The van der Waals surface area contributed by atoms with E-state index in [2.05, 4.69) is 58.2 Å². The lowest BCUT2D eigenvalue weighted by Gasteiger charge is -2.33. The highest BCUT2D eigenvalue weighted by Crippen LogP contribution is 2.38. The molecule has 0 aliphatic carbocycles. The van der Waals surface area contributed by atoms with Gasteiger partial charge in [0.05, 0.1) is 29.8 Å². The van der Waals surface area contributed by atoms with Crippen LogP contribution in [0, 0.1) is 12.8 Å². The van der Waals surface area contributed by atoms with E-state index in [1.54, 1.807) is 0 Å². The van der Waals surface area contributed by atoms with Gasteiger partial charge in [-0.1, -0.05) is 12.1 Å². The van der Waals surface area contributed by atoms with E-state index >= 15 is 0 Å². The summed E-state index contributed by atoms with van der Waals surface area (Å²) in [5, 5.41) is 3.44. The van der Waals surface area contributed by atoms with Crippen molar-refractivity contribution in [2.24, 2.45) is 5.92 Å². The molecule has 3 aromatic rings. The Kier molecular flexibility index (Phi) is 4.21. The van der Waals surface area contributed by atoms with E-state index in [0.717, 1.165) is 68.1 Å². The Bertz CT molecular complexity index is 958. The summed E-state index contributed by atoms with van der Waals surface area (Å²) >= 11 is 0. The molecule has 1 atom stereocenters. The molecule has 1 spiro atoms. The first-order valence-electron chi connectivity index (χ1n) is 9.96. The fourth-order valence-corrected chi connectivity index (χ4v) is 4.61. The first kappa shape index (κ1) is 16.9. The molecule has 2 aliphatic rings. The van der Waals surface area contributed by atoms with Gasteiger partial charge in [-0.25, -0.2) is 4.98 Å². The van der Waals surface area contributed by atoms with E-state index in [-0.39, 0.29) is 5.60 Å². The summed E-state index contributed by atoms with van der Waals surface area (Å²) in [6, 6.07) is 10.5. The van der Waals surface area contributed by atoms with Crippen LogP contribution in [0.2, 0.25) is 0 Å². The van der Waals surface area contributed by atoms with Crippen LogP contribution < -0.4 is 5.32 Å². The smallest absolute Gasteiger partial charge is 0.137 e. The average molecular weight is 362 g/mol. The van der Waals surface area contributed by atoms with Gasteiger partial charge < -0.3 is 10.1 Å². The number of nitrogens with one attached hydrogen (secondary N) is 1. The Morgan fingerprint density at radius 1 is 1.22 bits per heavy atom. The molecule has 2 fully saturated rings. The van der Waals surface area contributed by atoms with E-state index in [9.17, 15) is 0 Å². The third-order valence-corrected chi connectivity index (χ3v) is 6.02. The molecule has 0 radical (unpaired) electrons. The minimum Gasteiger partial charge on any atom is -0.375 e. The van der Waals surface area contributed by atoms with Crippen LogP contribution in [0.15, 0.2) is 42.7 Å². The van der Waals surface area contributed by atoms with Crippen LogP contribution in [0.25, 0.3) is 17.0 Å². The van der Waals surface area contributed by atoms with Gasteiger partial charge in [0.1, 0.15) is 5.65 Å². The molecule has 1 N–H and O–H groups in total. The van der Waals surface area contributed by atoms with Crippen molar-refractivity contribution < 1.29 is 4.74 Å². The van der Waals surface area contributed by atoms with Crippen molar-refractivity contribution in [2.45, 2.75) is 38.2 Å². The first-order chi connectivity index (χ1) is 13.2. The molecule has 1 unspecified atom stereocenters. The third kappa shape index (κ3) is 3.26. The van der Waals surface area contributed by atoms with Crippen molar-refractivity contribution in [2.75, 3.05) is 19.7 Å². The topological polar surface area (TPSA) is 51.5 Å². The average Bonchev–Trinajstić information content (AvgIpc) is 3.27. The van der Waals surface area contributed by atoms with Crippen molar-refractivity contribution in [3.05, 3.63) is 54.0 Å². The molecule has 2 aliphatic heterocycles. The number of hydrogen-bond acceptors (Lipinski definition) is 4. The molecule has 140 valence electrons. The van der Waals surface area contributed by atoms with Crippen molar-refractivity contribution in [3.8, 4) is 11.4 Å². The number of ether oxygens (including phenoxy) is 1. The molecular weight excluding hydrogens is 336 g/mol.